The minimum atomic E-state index is -0.00272. The van der Waals surface area contributed by atoms with E-state index in [4.69, 9.17) is 4.74 Å². The highest BCUT2D eigenvalue weighted by Crippen LogP contribution is 2.23. The second-order valence-corrected chi connectivity index (χ2v) is 6.15. The number of nitrogens with one attached hydrogen (secondary N) is 1. The van der Waals surface area contributed by atoms with E-state index < -0.39 is 0 Å². The lowest BCUT2D eigenvalue weighted by Crippen LogP contribution is -2.13. The summed E-state index contributed by atoms with van der Waals surface area (Å²) in [5, 5.41) is 2.90. The Hall–Kier alpha value is -1.81. The van der Waals surface area contributed by atoms with Crippen molar-refractivity contribution in [2.24, 2.45) is 0 Å². The predicted octanol–water partition coefficient (Wildman–Crippen LogP) is 4.86. The zero-order chi connectivity index (χ0) is 15.9. The molecule has 0 unspecified atom stereocenters. The molecule has 4 heteroatoms. The standard InChI is InChI=1S/C18H20BrNO2/c1-13-5-8-15(9-6-13)22-11-3-4-18(21)20-17-10-7-14(2)12-16(17)19/h5-10,12H,3-4,11H2,1-2H3,(H,20,21). The number of carbonyl (C=O) groups is 1. The fourth-order valence-electron chi connectivity index (χ4n) is 1.99. The molecular weight excluding hydrogens is 342 g/mol. The van der Waals surface area contributed by atoms with Crippen LogP contribution in [0.2, 0.25) is 0 Å². The fraction of sp³-hybridized carbons (Fsp3) is 0.278. The number of carbonyl (C=O) groups excluding carboxylic acids is 1. The molecule has 0 saturated carbocycles. The summed E-state index contributed by atoms with van der Waals surface area (Å²) in [6.07, 6.45) is 1.12. The van der Waals surface area contributed by atoms with Crippen LogP contribution >= 0.6 is 15.9 Å². The van der Waals surface area contributed by atoms with Gasteiger partial charge in [0.05, 0.1) is 12.3 Å². The monoisotopic (exact) mass is 361 g/mol. The van der Waals surface area contributed by atoms with E-state index in [0.29, 0.717) is 19.4 Å². The van der Waals surface area contributed by atoms with Crippen molar-refractivity contribution in [1.29, 1.82) is 0 Å². The largest absolute Gasteiger partial charge is 0.494 e. The maximum atomic E-state index is 11.9. The Kier molecular flexibility index (Phi) is 6.01. The lowest BCUT2D eigenvalue weighted by atomic mass is 10.2. The molecule has 2 aromatic rings. The molecule has 0 atom stereocenters. The SMILES string of the molecule is Cc1ccc(OCCCC(=O)Nc2ccc(C)cc2Br)cc1. The highest BCUT2D eigenvalue weighted by atomic mass is 79.9. The molecule has 0 saturated heterocycles. The number of amides is 1. The van der Waals surface area contributed by atoms with Gasteiger partial charge in [0.1, 0.15) is 5.75 Å². The van der Waals surface area contributed by atoms with Crippen molar-refractivity contribution in [2.45, 2.75) is 26.7 Å². The van der Waals surface area contributed by atoms with Crippen LogP contribution in [0.25, 0.3) is 0 Å². The molecule has 2 aromatic carbocycles. The predicted molar refractivity (Wildman–Crippen MR) is 93.4 cm³/mol. The number of anilines is 1. The molecule has 0 spiro atoms. The van der Waals surface area contributed by atoms with E-state index in [1.807, 2.05) is 56.3 Å². The lowest BCUT2D eigenvalue weighted by Gasteiger charge is -2.09. The zero-order valence-electron chi connectivity index (χ0n) is 12.9. The first-order chi connectivity index (χ1) is 10.5. The highest BCUT2D eigenvalue weighted by Gasteiger charge is 2.05. The quantitative estimate of drug-likeness (QED) is 0.745. The van der Waals surface area contributed by atoms with Crippen LogP contribution in [-0.4, -0.2) is 12.5 Å². The Morgan fingerprint density at radius 3 is 2.45 bits per heavy atom. The second kappa shape index (κ2) is 7.99. The molecule has 0 aliphatic carbocycles. The van der Waals surface area contributed by atoms with E-state index in [9.17, 15) is 4.79 Å². The van der Waals surface area contributed by atoms with Crippen molar-refractivity contribution in [1.82, 2.24) is 0 Å². The van der Waals surface area contributed by atoms with Crippen molar-refractivity contribution < 1.29 is 9.53 Å². The maximum absolute atomic E-state index is 11.9. The van der Waals surface area contributed by atoms with Gasteiger partial charge in [0.15, 0.2) is 0 Å². The third-order valence-electron chi connectivity index (χ3n) is 3.24. The minimum absolute atomic E-state index is 0.00272. The average Bonchev–Trinajstić information content (AvgIpc) is 2.48. The molecule has 0 aliphatic rings. The van der Waals surface area contributed by atoms with Gasteiger partial charge >= 0.3 is 0 Å². The van der Waals surface area contributed by atoms with Gasteiger partial charge < -0.3 is 10.1 Å². The zero-order valence-corrected chi connectivity index (χ0v) is 14.4. The van der Waals surface area contributed by atoms with Crippen molar-refractivity contribution in [3.05, 3.63) is 58.1 Å². The van der Waals surface area contributed by atoms with Gasteiger partial charge in [0, 0.05) is 10.9 Å². The fourth-order valence-corrected chi connectivity index (χ4v) is 2.58. The summed E-state index contributed by atoms with van der Waals surface area (Å²) in [5.74, 6) is 0.837. The first-order valence-corrected chi connectivity index (χ1v) is 8.09. The summed E-state index contributed by atoms with van der Waals surface area (Å²) in [7, 11) is 0. The average molecular weight is 362 g/mol. The molecule has 3 nitrogen and oxygen atoms in total. The first-order valence-electron chi connectivity index (χ1n) is 7.30. The summed E-state index contributed by atoms with van der Waals surface area (Å²) in [4.78, 5) is 11.9. The molecule has 0 aliphatic heterocycles. The normalized spacial score (nSPS) is 10.3. The second-order valence-electron chi connectivity index (χ2n) is 5.30. The molecule has 0 heterocycles. The summed E-state index contributed by atoms with van der Waals surface area (Å²) in [6, 6.07) is 13.8. The van der Waals surface area contributed by atoms with Crippen LogP contribution in [-0.2, 0) is 4.79 Å². The number of hydrogen-bond acceptors (Lipinski definition) is 2. The van der Waals surface area contributed by atoms with Crippen LogP contribution in [0, 0.1) is 13.8 Å². The Labute approximate surface area is 139 Å². The number of benzene rings is 2. The van der Waals surface area contributed by atoms with Crippen molar-refractivity contribution in [3.8, 4) is 5.75 Å². The van der Waals surface area contributed by atoms with Crippen molar-refractivity contribution in [3.63, 3.8) is 0 Å². The number of halogens is 1. The molecule has 2 rings (SSSR count). The van der Waals surface area contributed by atoms with E-state index in [1.54, 1.807) is 0 Å². The third kappa shape index (κ3) is 5.19. The smallest absolute Gasteiger partial charge is 0.224 e. The van der Waals surface area contributed by atoms with Crippen LogP contribution in [0.3, 0.4) is 0 Å². The van der Waals surface area contributed by atoms with Crippen LogP contribution in [0.5, 0.6) is 5.75 Å². The lowest BCUT2D eigenvalue weighted by molar-refractivity contribution is -0.116. The first kappa shape index (κ1) is 16.6. The summed E-state index contributed by atoms with van der Waals surface area (Å²) in [6.45, 7) is 4.58. The van der Waals surface area contributed by atoms with Crippen LogP contribution in [0.1, 0.15) is 24.0 Å². The topological polar surface area (TPSA) is 38.3 Å². The Morgan fingerprint density at radius 2 is 1.77 bits per heavy atom. The number of aryl methyl sites for hydroxylation is 2. The van der Waals surface area contributed by atoms with Crippen LogP contribution in [0.4, 0.5) is 5.69 Å². The number of hydrogen-bond donors (Lipinski definition) is 1. The molecule has 1 amide bonds. The van der Waals surface area contributed by atoms with Gasteiger partial charge in [-0.15, -0.1) is 0 Å². The molecule has 1 N–H and O–H groups in total. The summed E-state index contributed by atoms with van der Waals surface area (Å²) >= 11 is 3.45. The van der Waals surface area contributed by atoms with Crippen molar-refractivity contribution in [2.75, 3.05) is 11.9 Å². The molecular formula is C18H20BrNO2. The van der Waals surface area contributed by atoms with Gasteiger partial charge in [-0.2, -0.15) is 0 Å². The van der Waals surface area contributed by atoms with Crippen molar-refractivity contribution >= 4 is 27.5 Å². The Bertz CT molecular complexity index is 638. The minimum Gasteiger partial charge on any atom is -0.494 e. The molecule has 0 radical (unpaired) electrons. The Morgan fingerprint density at radius 1 is 1.09 bits per heavy atom. The number of rotatable bonds is 6. The molecule has 116 valence electrons. The van der Waals surface area contributed by atoms with Gasteiger partial charge in [-0.3, -0.25) is 4.79 Å². The Balaban J connectivity index is 1.72. The summed E-state index contributed by atoms with van der Waals surface area (Å²) < 4.78 is 6.51. The van der Waals surface area contributed by atoms with E-state index in [0.717, 1.165) is 21.5 Å². The number of ether oxygens (including phenoxy) is 1. The van der Waals surface area contributed by atoms with Crippen LogP contribution in [0.15, 0.2) is 46.9 Å². The van der Waals surface area contributed by atoms with E-state index in [-0.39, 0.29) is 5.91 Å². The van der Waals surface area contributed by atoms with E-state index in [2.05, 4.69) is 21.2 Å². The molecule has 0 fully saturated rings. The van der Waals surface area contributed by atoms with E-state index in [1.165, 1.54) is 5.56 Å². The van der Waals surface area contributed by atoms with Gasteiger partial charge in [-0.05, 0) is 66.0 Å². The van der Waals surface area contributed by atoms with Gasteiger partial charge in [0.25, 0.3) is 0 Å². The van der Waals surface area contributed by atoms with E-state index >= 15 is 0 Å². The molecule has 0 aromatic heterocycles. The van der Waals surface area contributed by atoms with Gasteiger partial charge in [-0.25, -0.2) is 0 Å². The highest BCUT2D eigenvalue weighted by molar-refractivity contribution is 9.10. The van der Waals surface area contributed by atoms with Crippen LogP contribution < -0.4 is 10.1 Å². The summed E-state index contributed by atoms with van der Waals surface area (Å²) in [5.41, 5.74) is 3.15. The third-order valence-corrected chi connectivity index (χ3v) is 3.89. The molecule has 22 heavy (non-hydrogen) atoms. The van der Waals surface area contributed by atoms with Gasteiger partial charge in [-0.1, -0.05) is 23.8 Å². The maximum Gasteiger partial charge on any atom is 0.224 e. The van der Waals surface area contributed by atoms with Gasteiger partial charge in [0.2, 0.25) is 5.91 Å². The molecule has 0 bridgehead atoms.